The molecule has 0 radical (unpaired) electrons. The Labute approximate surface area is 120 Å². The lowest BCUT2D eigenvalue weighted by molar-refractivity contribution is -0.862. The minimum Gasteiger partial charge on any atom is -0.372 e. The monoisotopic (exact) mass is 278 g/mol. The molecule has 104 valence electrons. The van der Waals surface area contributed by atoms with Crippen LogP contribution in [-0.4, -0.2) is 37.3 Å². The largest absolute Gasteiger partial charge is 0.372 e. The summed E-state index contributed by atoms with van der Waals surface area (Å²) in [6.45, 7) is 0.764. The second-order valence-electron chi connectivity index (χ2n) is 6.48. The molecule has 1 heterocycles. The molecule has 0 spiro atoms. The maximum absolute atomic E-state index is 11.1. The SMILES string of the molecule is C[N+](C)(C)CC#CC(O)(c1cccs1)C1CCCC1. The summed E-state index contributed by atoms with van der Waals surface area (Å²) in [6.07, 6.45) is 4.62. The predicted molar refractivity (Wildman–Crippen MR) is 80.8 cm³/mol. The van der Waals surface area contributed by atoms with Crippen molar-refractivity contribution in [3.63, 3.8) is 0 Å². The second-order valence-corrected chi connectivity index (χ2v) is 7.42. The van der Waals surface area contributed by atoms with E-state index in [2.05, 4.69) is 33.0 Å². The fourth-order valence-corrected chi connectivity index (χ4v) is 3.47. The number of quaternary nitrogens is 1. The number of aliphatic hydroxyl groups is 1. The highest BCUT2D eigenvalue weighted by Gasteiger charge is 2.39. The Bertz CT molecular complexity index is 457. The van der Waals surface area contributed by atoms with Gasteiger partial charge in [-0.25, -0.2) is 0 Å². The van der Waals surface area contributed by atoms with E-state index in [1.54, 1.807) is 11.3 Å². The standard InChI is InChI=1S/C16H24NOS/c1-17(2,3)12-7-11-16(18,14-8-4-5-9-14)15-10-6-13-19-15/h6,10,13-14,18H,4-5,8-9,12H2,1-3H3/q+1. The van der Waals surface area contributed by atoms with E-state index in [4.69, 9.17) is 0 Å². The molecule has 0 saturated heterocycles. The van der Waals surface area contributed by atoms with Gasteiger partial charge in [-0.2, -0.15) is 0 Å². The van der Waals surface area contributed by atoms with E-state index >= 15 is 0 Å². The fraction of sp³-hybridized carbons (Fsp3) is 0.625. The Hall–Kier alpha value is -0.820. The third kappa shape index (κ3) is 3.60. The molecule has 1 N–H and O–H groups in total. The maximum atomic E-state index is 11.1. The van der Waals surface area contributed by atoms with Crippen LogP contribution < -0.4 is 0 Å². The van der Waals surface area contributed by atoms with Crippen molar-refractivity contribution < 1.29 is 9.59 Å². The fourth-order valence-electron chi connectivity index (χ4n) is 2.62. The van der Waals surface area contributed by atoms with Crippen LogP contribution in [0.1, 0.15) is 30.6 Å². The van der Waals surface area contributed by atoms with Crippen LogP contribution in [0.15, 0.2) is 17.5 Å². The van der Waals surface area contributed by atoms with Crippen molar-refractivity contribution in [3.05, 3.63) is 22.4 Å². The van der Waals surface area contributed by atoms with E-state index < -0.39 is 5.60 Å². The molecule has 1 aliphatic rings. The third-order valence-corrected chi connectivity index (χ3v) is 4.67. The van der Waals surface area contributed by atoms with Gasteiger partial charge in [-0.1, -0.05) is 24.8 Å². The van der Waals surface area contributed by atoms with Crippen molar-refractivity contribution >= 4 is 11.3 Å². The van der Waals surface area contributed by atoms with Gasteiger partial charge in [0, 0.05) is 10.8 Å². The van der Waals surface area contributed by atoms with Gasteiger partial charge in [0.15, 0.2) is 5.60 Å². The number of nitrogens with zero attached hydrogens (tertiary/aromatic N) is 1. The zero-order valence-corrected chi connectivity index (χ0v) is 13.0. The molecular formula is C16H24NOS+. The molecule has 1 atom stereocenters. The van der Waals surface area contributed by atoms with Crippen LogP contribution in [0.5, 0.6) is 0 Å². The molecule has 1 aromatic heterocycles. The van der Waals surface area contributed by atoms with E-state index in [1.165, 1.54) is 12.8 Å². The quantitative estimate of drug-likeness (QED) is 0.666. The van der Waals surface area contributed by atoms with E-state index in [0.29, 0.717) is 5.92 Å². The van der Waals surface area contributed by atoms with Gasteiger partial charge >= 0.3 is 0 Å². The molecule has 0 bridgehead atoms. The average Bonchev–Trinajstić information content (AvgIpc) is 3.01. The molecule has 0 aliphatic heterocycles. The van der Waals surface area contributed by atoms with Gasteiger partial charge in [0.25, 0.3) is 0 Å². The minimum absolute atomic E-state index is 0.297. The lowest BCUT2D eigenvalue weighted by atomic mass is 9.85. The summed E-state index contributed by atoms with van der Waals surface area (Å²) in [5.41, 5.74) is -0.931. The molecule has 1 aromatic rings. The smallest absolute Gasteiger partial charge is 0.162 e. The van der Waals surface area contributed by atoms with Crippen LogP contribution in [0.2, 0.25) is 0 Å². The van der Waals surface area contributed by atoms with E-state index in [0.717, 1.165) is 28.7 Å². The maximum Gasteiger partial charge on any atom is 0.162 e. The summed E-state index contributed by atoms with van der Waals surface area (Å²) >= 11 is 1.62. The van der Waals surface area contributed by atoms with E-state index in [9.17, 15) is 5.11 Å². The van der Waals surface area contributed by atoms with Gasteiger partial charge in [0.1, 0.15) is 6.54 Å². The van der Waals surface area contributed by atoms with Crippen LogP contribution in [0.4, 0.5) is 0 Å². The first-order chi connectivity index (χ1) is 8.92. The summed E-state index contributed by atoms with van der Waals surface area (Å²) in [5.74, 6) is 6.70. The zero-order chi connectivity index (χ0) is 13.9. The Balaban J connectivity index is 2.24. The first-order valence-electron chi connectivity index (χ1n) is 6.99. The molecule has 19 heavy (non-hydrogen) atoms. The lowest BCUT2D eigenvalue weighted by Gasteiger charge is -2.28. The van der Waals surface area contributed by atoms with Gasteiger partial charge in [-0.05, 0) is 30.2 Å². The molecule has 2 rings (SSSR count). The van der Waals surface area contributed by atoms with Crippen molar-refractivity contribution in [3.8, 4) is 11.8 Å². The van der Waals surface area contributed by atoms with Gasteiger partial charge in [0.2, 0.25) is 0 Å². The lowest BCUT2D eigenvalue weighted by Crippen LogP contribution is -2.35. The van der Waals surface area contributed by atoms with Crippen LogP contribution in [0.3, 0.4) is 0 Å². The van der Waals surface area contributed by atoms with E-state index in [-0.39, 0.29) is 0 Å². The van der Waals surface area contributed by atoms with Crippen LogP contribution in [0.25, 0.3) is 0 Å². The summed E-state index contributed by atoms with van der Waals surface area (Å²) in [6, 6.07) is 4.02. The number of rotatable bonds is 3. The van der Waals surface area contributed by atoms with Gasteiger partial charge in [-0.3, -0.25) is 0 Å². The zero-order valence-electron chi connectivity index (χ0n) is 12.1. The van der Waals surface area contributed by atoms with Gasteiger partial charge in [0.05, 0.1) is 21.1 Å². The predicted octanol–water partition coefficient (Wildman–Crippen LogP) is 2.84. The Morgan fingerprint density at radius 1 is 1.37 bits per heavy atom. The Kier molecular flexibility index (Phi) is 4.35. The number of hydrogen-bond acceptors (Lipinski definition) is 2. The molecule has 1 fully saturated rings. The van der Waals surface area contributed by atoms with E-state index in [1.807, 2.05) is 17.5 Å². The summed E-state index contributed by atoms with van der Waals surface area (Å²) in [5, 5.41) is 13.1. The number of hydrogen-bond donors (Lipinski definition) is 1. The first-order valence-corrected chi connectivity index (χ1v) is 7.87. The Morgan fingerprint density at radius 2 is 2.05 bits per heavy atom. The molecular weight excluding hydrogens is 254 g/mol. The summed E-state index contributed by atoms with van der Waals surface area (Å²) in [7, 11) is 6.36. The summed E-state index contributed by atoms with van der Waals surface area (Å²) in [4.78, 5) is 1.01. The minimum atomic E-state index is -0.931. The molecule has 0 amide bonds. The van der Waals surface area contributed by atoms with Crippen LogP contribution in [-0.2, 0) is 5.60 Å². The molecule has 3 heteroatoms. The Morgan fingerprint density at radius 3 is 2.58 bits per heavy atom. The van der Waals surface area contributed by atoms with Crippen molar-refractivity contribution in [2.45, 2.75) is 31.3 Å². The van der Waals surface area contributed by atoms with Crippen LogP contribution in [0, 0.1) is 17.8 Å². The highest BCUT2D eigenvalue weighted by Crippen LogP contribution is 2.41. The average molecular weight is 278 g/mol. The molecule has 1 aliphatic carbocycles. The normalized spacial score (nSPS) is 19.8. The van der Waals surface area contributed by atoms with Gasteiger partial charge < -0.3 is 9.59 Å². The first kappa shape index (κ1) is 14.6. The van der Waals surface area contributed by atoms with Crippen molar-refractivity contribution in [2.24, 2.45) is 5.92 Å². The number of thiophene rings is 1. The molecule has 2 nitrogen and oxygen atoms in total. The second kappa shape index (κ2) is 5.66. The van der Waals surface area contributed by atoms with Crippen molar-refractivity contribution in [1.29, 1.82) is 0 Å². The van der Waals surface area contributed by atoms with Gasteiger partial charge in [-0.15, -0.1) is 11.3 Å². The molecule has 0 aromatic carbocycles. The highest BCUT2D eigenvalue weighted by molar-refractivity contribution is 7.10. The topological polar surface area (TPSA) is 20.2 Å². The molecule has 1 unspecified atom stereocenters. The third-order valence-electron chi connectivity index (χ3n) is 3.68. The molecule has 1 saturated carbocycles. The highest BCUT2D eigenvalue weighted by atomic mass is 32.1. The van der Waals surface area contributed by atoms with Crippen LogP contribution >= 0.6 is 11.3 Å². The summed E-state index contributed by atoms with van der Waals surface area (Å²) < 4.78 is 0.804. The van der Waals surface area contributed by atoms with Crippen molar-refractivity contribution in [1.82, 2.24) is 0 Å². The van der Waals surface area contributed by atoms with Crippen molar-refractivity contribution in [2.75, 3.05) is 27.7 Å².